The molecule has 0 saturated carbocycles. The van der Waals surface area contributed by atoms with E-state index in [1.54, 1.807) is 11.1 Å². The Kier molecular flexibility index (Phi) is 8.21. The van der Waals surface area contributed by atoms with Crippen molar-refractivity contribution in [1.82, 2.24) is 9.88 Å². The molecule has 30 heavy (non-hydrogen) atoms. The van der Waals surface area contributed by atoms with E-state index in [2.05, 4.69) is 21.9 Å². The number of hydrogen-bond donors (Lipinski definition) is 1. The van der Waals surface area contributed by atoms with Gasteiger partial charge in [-0.15, -0.1) is 0 Å². The summed E-state index contributed by atoms with van der Waals surface area (Å²) in [5.74, 6) is -2.58. The van der Waals surface area contributed by atoms with Crippen molar-refractivity contribution in [3.05, 3.63) is 72.2 Å². The molecule has 0 unspecified atom stereocenters. The van der Waals surface area contributed by atoms with Crippen molar-refractivity contribution in [2.45, 2.75) is 39.5 Å². The first kappa shape index (κ1) is 23.2. The first-order chi connectivity index (χ1) is 14.3. The predicted octanol–water partition coefficient (Wildman–Crippen LogP) is 5.22. The van der Waals surface area contributed by atoms with E-state index in [0.29, 0.717) is 25.3 Å². The number of nitrogens with zero attached hydrogens (tertiary/aromatic N) is 3. The summed E-state index contributed by atoms with van der Waals surface area (Å²) in [6, 6.07) is 2.89. The molecule has 0 atom stereocenters. The topological polar surface area (TPSA) is 57.6 Å². The largest absolute Gasteiger partial charge is 0.339 e. The molecular weight excluding hydrogens is 386 g/mol. The molecule has 1 aliphatic rings. The molecule has 1 amide bonds. The van der Waals surface area contributed by atoms with E-state index in [4.69, 9.17) is 0 Å². The van der Waals surface area contributed by atoms with Gasteiger partial charge in [-0.05, 0) is 43.5 Å². The van der Waals surface area contributed by atoms with Crippen molar-refractivity contribution in [1.29, 1.82) is 0 Å². The fourth-order valence-electron chi connectivity index (χ4n) is 2.96. The van der Waals surface area contributed by atoms with Gasteiger partial charge >= 0.3 is 0 Å². The van der Waals surface area contributed by atoms with Gasteiger partial charge in [0.1, 0.15) is 5.82 Å². The second-order valence-corrected chi connectivity index (χ2v) is 6.90. The van der Waals surface area contributed by atoms with Crippen LogP contribution in [-0.4, -0.2) is 34.6 Å². The molecule has 0 fully saturated rings. The highest BCUT2D eigenvalue weighted by molar-refractivity contribution is 6.14. The zero-order chi connectivity index (χ0) is 22.1. The molecule has 160 valence electrons. The molecule has 0 aromatic carbocycles. The maximum atomic E-state index is 13.5. The lowest BCUT2D eigenvalue weighted by Crippen LogP contribution is -2.35. The fourth-order valence-corrected chi connectivity index (χ4v) is 2.96. The number of aliphatic imine (C=N–C) groups is 1. The van der Waals surface area contributed by atoms with Gasteiger partial charge in [0, 0.05) is 38.0 Å². The number of carbonyl (C=O) groups excluding carboxylic acids is 1. The standard InChI is InChI=1S/C23H28F2N4O/c1-5-8-19(28-20-10-9-18(16-27-20)23(4,24)25)22(26-13-6-2)17-11-14-29(15-12-17)21(30)7-3/h6-11,13,16H,3,5,12,14-15H2,1-2,4H3,(H,27,28)/b13-6-,19-8-,26-22-. The number of amides is 1. The molecule has 0 saturated heterocycles. The van der Waals surface area contributed by atoms with Crippen LogP contribution < -0.4 is 5.32 Å². The minimum absolute atomic E-state index is 0.100. The molecule has 0 aliphatic carbocycles. The van der Waals surface area contributed by atoms with Crippen LogP contribution in [0.4, 0.5) is 14.6 Å². The van der Waals surface area contributed by atoms with Crippen molar-refractivity contribution in [3.8, 4) is 0 Å². The molecule has 7 heteroatoms. The molecule has 1 aromatic heterocycles. The zero-order valence-electron chi connectivity index (χ0n) is 17.7. The predicted molar refractivity (Wildman–Crippen MR) is 118 cm³/mol. The SMILES string of the molecule is C=CC(=O)N1CC=C(C(=N/C=C\C)/C(=C/CC)Nc2ccc(C(C)(F)F)cn2)CC1. The second-order valence-electron chi connectivity index (χ2n) is 6.90. The van der Waals surface area contributed by atoms with Gasteiger partial charge < -0.3 is 10.2 Å². The zero-order valence-corrected chi connectivity index (χ0v) is 17.7. The molecule has 2 rings (SSSR count). The Morgan fingerprint density at radius 3 is 2.70 bits per heavy atom. The third-order valence-electron chi connectivity index (χ3n) is 4.55. The van der Waals surface area contributed by atoms with E-state index in [9.17, 15) is 13.6 Å². The van der Waals surface area contributed by atoms with Crippen LogP contribution in [0.1, 0.15) is 39.2 Å². The van der Waals surface area contributed by atoms with Crippen LogP contribution in [0.3, 0.4) is 0 Å². The average Bonchev–Trinajstić information content (AvgIpc) is 2.73. The Bertz CT molecular complexity index is 877. The maximum Gasteiger partial charge on any atom is 0.272 e. The van der Waals surface area contributed by atoms with Gasteiger partial charge in [-0.25, -0.2) is 13.8 Å². The van der Waals surface area contributed by atoms with Gasteiger partial charge in [0.2, 0.25) is 5.91 Å². The summed E-state index contributed by atoms with van der Waals surface area (Å²) < 4.78 is 26.9. The van der Waals surface area contributed by atoms with Crippen LogP contribution in [0.15, 0.2) is 71.7 Å². The number of rotatable bonds is 8. The number of anilines is 1. The number of pyridine rings is 1. The van der Waals surface area contributed by atoms with Crippen LogP contribution in [0, 0.1) is 0 Å². The van der Waals surface area contributed by atoms with E-state index in [1.165, 1.54) is 24.4 Å². The minimum Gasteiger partial charge on any atom is -0.339 e. The first-order valence-electron chi connectivity index (χ1n) is 9.91. The quantitative estimate of drug-likeness (QED) is 0.469. The maximum absolute atomic E-state index is 13.5. The molecule has 1 N–H and O–H groups in total. The van der Waals surface area contributed by atoms with Gasteiger partial charge in [0.05, 0.1) is 11.4 Å². The Balaban J connectivity index is 2.31. The molecule has 0 radical (unpaired) electrons. The number of allylic oxidation sites excluding steroid dienone is 3. The Morgan fingerprint density at radius 1 is 1.43 bits per heavy atom. The third kappa shape index (κ3) is 6.20. The van der Waals surface area contributed by atoms with Gasteiger partial charge in [-0.1, -0.05) is 31.7 Å². The second kappa shape index (κ2) is 10.6. The lowest BCUT2D eigenvalue weighted by Gasteiger charge is -2.26. The summed E-state index contributed by atoms with van der Waals surface area (Å²) in [5.41, 5.74) is 2.35. The Hall–Kier alpha value is -3.09. The minimum atomic E-state index is -2.94. The van der Waals surface area contributed by atoms with Crippen molar-refractivity contribution >= 4 is 17.4 Å². The number of nitrogens with one attached hydrogen (secondary N) is 1. The highest BCUT2D eigenvalue weighted by Gasteiger charge is 2.25. The molecule has 1 aliphatic heterocycles. The van der Waals surface area contributed by atoms with E-state index < -0.39 is 5.92 Å². The summed E-state index contributed by atoms with van der Waals surface area (Å²) in [4.78, 5) is 22.3. The van der Waals surface area contributed by atoms with E-state index in [-0.39, 0.29) is 11.5 Å². The van der Waals surface area contributed by atoms with Crippen LogP contribution in [0.5, 0.6) is 0 Å². The average molecular weight is 415 g/mol. The normalized spacial score (nSPS) is 15.9. The summed E-state index contributed by atoms with van der Waals surface area (Å²) >= 11 is 0. The lowest BCUT2D eigenvalue weighted by molar-refractivity contribution is -0.125. The van der Waals surface area contributed by atoms with Crippen LogP contribution in [0.25, 0.3) is 0 Å². The van der Waals surface area contributed by atoms with Gasteiger partial charge in [-0.2, -0.15) is 0 Å². The number of aromatic nitrogens is 1. The number of hydrogen-bond acceptors (Lipinski definition) is 4. The molecule has 2 heterocycles. The van der Waals surface area contributed by atoms with Crippen molar-refractivity contribution < 1.29 is 13.6 Å². The van der Waals surface area contributed by atoms with Crippen molar-refractivity contribution in [2.24, 2.45) is 4.99 Å². The van der Waals surface area contributed by atoms with Crippen LogP contribution >= 0.6 is 0 Å². The van der Waals surface area contributed by atoms with E-state index in [0.717, 1.165) is 30.3 Å². The number of halogens is 2. The molecule has 0 spiro atoms. The lowest BCUT2D eigenvalue weighted by atomic mass is 9.99. The van der Waals surface area contributed by atoms with Gasteiger partial charge in [-0.3, -0.25) is 9.79 Å². The fraction of sp³-hybridized carbons (Fsp3) is 0.348. The summed E-state index contributed by atoms with van der Waals surface area (Å²) in [6.45, 7) is 9.31. The Labute approximate surface area is 176 Å². The summed E-state index contributed by atoms with van der Waals surface area (Å²) in [7, 11) is 0. The summed E-state index contributed by atoms with van der Waals surface area (Å²) in [5, 5.41) is 3.21. The smallest absolute Gasteiger partial charge is 0.272 e. The van der Waals surface area contributed by atoms with Crippen molar-refractivity contribution in [3.63, 3.8) is 0 Å². The van der Waals surface area contributed by atoms with E-state index in [1.807, 2.05) is 32.1 Å². The molecule has 1 aromatic rings. The van der Waals surface area contributed by atoms with Crippen LogP contribution in [0.2, 0.25) is 0 Å². The van der Waals surface area contributed by atoms with Gasteiger partial charge in [0.15, 0.2) is 0 Å². The van der Waals surface area contributed by atoms with Crippen molar-refractivity contribution in [2.75, 3.05) is 18.4 Å². The highest BCUT2D eigenvalue weighted by Crippen LogP contribution is 2.27. The monoisotopic (exact) mass is 414 g/mol. The van der Waals surface area contributed by atoms with Gasteiger partial charge in [0.25, 0.3) is 5.92 Å². The first-order valence-corrected chi connectivity index (χ1v) is 9.91. The number of carbonyl (C=O) groups is 1. The van der Waals surface area contributed by atoms with Crippen LogP contribution in [-0.2, 0) is 10.7 Å². The Morgan fingerprint density at radius 2 is 2.20 bits per heavy atom. The third-order valence-corrected chi connectivity index (χ3v) is 4.55. The molecule has 0 bridgehead atoms. The summed E-state index contributed by atoms with van der Waals surface area (Å²) in [6.07, 6.45) is 11.4. The molecular formula is C23H28F2N4O. The number of alkyl halides is 2. The highest BCUT2D eigenvalue weighted by atomic mass is 19.3. The molecule has 5 nitrogen and oxygen atoms in total. The van der Waals surface area contributed by atoms with E-state index >= 15 is 0 Å².